The minimum atomic E-state index is -0.379. The van der Waals surface area contributed by atoms with Crippen molar-refractivity contribution >= 4 is 11.6 Å². The summed E-state index contributed by atoms with van der Waals surface area (Å²) in [6, 6.07) is 14.2. The molecule has 0 unspecified atom stereocenters. The molecule has 1 N–H and O–H groups in total. The number of aliphatic hydroxyl groups is 1. The van der Waals surface area contributed by atoms with Crippen molar-refractivity contribution in [2.24, 2.45) is 5.16 Å². The standard InChI is InChI=1S/C22H20N4O3/c1-14-16(10-23)4-3-5-20(14)21-7-6-15(8-17(21)11-24)22(28)26-12-18(25-29-2)9-19(26)13-27/h3-8,19,27H,9,12-13H2,1-2H3/b25-18-/t19-/m0/s1. The Balaban J connectivity index is 1.98. The van der Waals surface area contributed by atoms with Crippen LogP contribution >= 0.6 is 0 Å². The van der Waals surface area contributed by atoms with Gasteiger partial charge in [0.1, 0.15) is 7.11 Å². The maximum atomic E-state index is 13.0. The Hall–Kier alpha value is -3.68. The lowest BCUT2D eigenvalue weighted by Gasteiger charge is -2.22. The van der Waals surface area contributed by atoms with Crippen molar-refractivity contribution in [2.45, 2.75) is 19.4 Å². The SMILES string of the molecule is CO/N=C1/C[C@@H](CO)N(C(=O)c2ccc(-c3cccc(C#N)c3C)c(C#N)c2)C1. The van der Waals surface area contributed by atoms with Crippen LogP contribution in [0.25, 0.3) is 11.1 Å². The first-order valence-electron chi connectivity index (χ1n) is 9.09. The van der Waals surface area contributed by atoms with Crippen molar-refractivity contribution in [2.75, 3.05) is 20.3 Å². The summed E-state index contributed by atoms with van der Waals surface area (Å²) in [7, 11) is 1.44. The van der Waals surface area contributed by atoms with Gasteiger partial charge in [0, 0.05) is 12.0 Å². The number of carbonyl (C=O) groups is 1. The van der Waals surface area contributed by atoms with Crippen molar-refractivity contribution < 1.29 is 14.7 Å². The van der Waals surface area contributed by atoms with Crippen LogP contribution in [0.15, 0.2) is 41.6 Å². The number of likely N-dealkylation sites (tertiary alicyclic amines) is 1. The lowest BCUT2D eigenvalue weighted by atomic mass is 9.92. The number of benzene rings is 2. The lowest BCUT2D eigenvalue weighted by molar-refractivity contribution is 0.0680. The van der Waals surface area contributed by atoms with Crippen molar-refractivity contribution in [3.8, 4) is 23.3 Å². The molecule has 3 rings (SSSR count). The van der Waals surface area contributed by atoms with E-state index in [0.717, 1.165) is 11.1 Å². The molecule has 0 aromatic heterocycles. The van der Waals surface area contributed by atoms with Gasteiger partial charge in [0.2, 0.25) is 0 Å². The topological polar surface area (TPSA) is 110 Å². The summed E-state index contributed by atoms with van der Waals surface area (Å²) in [5, 5.41) is 32.4. The maximum absolute atomic E-state index is 13.0. The van der Waals surface area contributed by atoms with Gasteiger partial charge in [-0.2, -0.15) is 10.5 Å². The highest BCUT2D eigenvalue weighted by Crippen LogP contribution is 2.30. The van der Waals surface area contributed by atoms with Crippen LogP contribution in [0.4, 0.5) is 0 Å². The summed E-state index contributed by atoms with van der Waals surface area (Å²) in [5.41, 5.74) is 4.16. The molecule has 0 spiro atoms. The number of aliphatic hydroxyl groups excluding tert-OH is 1. The summed E-state index contributed by atoms with van der Waals surface area (Å²) in [4.78, 5) is 19.3. The highest BCUT2D eigenvalue weighted by molar-refractivity contribution is 6.01. The van der Waals surface area contributed by atoms with Gasteiger partial charge in [-0.15, -0.1) is 0 Å². The molecule has 1 atom stereocenters. The molecule has 0 bridgehead atoms. The third-order valence-electron chi connectivity index (χ3n) is 5.09. The third-order valence-corrected chi connectivity index (χ3v) is 5.09. The van der Waals surface area contributed by atoms with Crippen LogP contribution < -0.4 is 0 Å². The predicted molar refractivity (Wildman–Crippen MR) is 107 cm³/mol. The summed E-state index contributed by atoms with van der Waals surface area (Å²) in [5.74, 6) is -0.282. The molecule has 1 fully saturated rings. The molecule has 7 nitrogen and oxygen atoms in total. The molecule has 2 aromatic rings. The van der Waals surface area contributed by atoms with Gasteiger partial charge in [0.05, 0.1) is 48.2 Å². The third kappa shape index (κ3) is 3.82. The Morgan fingerprint density at radius 1 is 1.24 bits per heavy atom. The van der Waals surface area contributed by atoms with E-state index in [2.05, 4.69) is 17.3 Å². The quantitative estimate of drug-likeness (QED) is 0.810. The molecule has 1 aliphatic rings. The lowest BCUT2D eigenvalue weighted by Crippen LogP contribution is -2.37. The van der Waals surface area contributed by atoms with Gasteiger partial charge in [0.25, 0.3) is 5.91 Å². The van der Waals surface area contributed by atoms with E-state index in [9.17, 15) is 20.4 Å². The van der Waals surface area contributed by atoms with Crippen molar-refractivity contribution in [1.29, 1.82) is 10.5 Å². The van der Waals surface area contributed by atoms with Gasteiger partial charge in [-0.05, 0) is 41.8 Å². The van der Waals surface area contributed by atoms with E-state index in [1.54, 1.807) is 30.3 Å². The Labute approximate surface area is 169 Å². The second kappa shape index (κ2) is 8.55. The molecule has 1 aliphatic heterocycles. The number of nitriles is 2. The molecule has 0 radical (unpaired) electrons. The molecule has 2 aromatic carbocycles. The fraction of sp³-hybridized carbons (Fsp3) is 0.273. The maximum Gasteiger partial charge on any atom is 0.254 e. The average molecular weight is 388 g/mol. The number of amides is 1. The molecule has 29 heavy (non-hydrogen) atoms. The Bertz CT molecular complexity index is 1060. The minimum Gasteiger partial charge on any atom is -0.399 e. The van der Waals surface area contributed by atoms with Crippen LogP contribution in [0, 0.1) is 29.6 Å². The number of nitrogens with zero attached hydrogens (tertiary/aromatic N) is 4. The van der Waals surface area contributed by atoms with Gasteiger partial charge < -0.3 is 14.8 Å². The average Bonchev–Trinajstić information content (AvgIpc) is 3.16. The van der Waals surface area contributed by atoms with Gasteiger partial charge in [-0.1, -0.05) is 23.4 Å². The van der Waals surface area contributed by atoms with E-state index in [1.807, 2.05) is 13.0 Å². The first kappa shape index (κ1) is 20.1. The van der Waals surface area contributed by atoms with Gasteiger partial charge in [-0.25, -0.2) is 0 Å². The molecule has 0 saturated carbocycles. The number of rotatable bonds is 4. The Morgan fingerprint density at radius 2 is 2.00 bits per heavy atom. The molecule has 0 aliphatic carbocycles. The van der Waals surface area contributed by atoms with Crippen LogP contribution in [0.5, 0.6) is 0 Å². The normalized spacial score (nSPS) is 17.1. The van der Waals surface area contributed by atoms with Crippen LogP contribution in [0.2, 0.25) is 0 Å². The minimum absolute atomic E-state index is 0.183. The molecule has 7 heteroatoms. The largest absolute Gasteiger partial charge is 0.399 e. The monoisotopic (exact) mass is 388 g/mol. The summed E-state index contributed by atoms with van der Waals surface area (Å²) in [6.07, 6.45) is 0.444. The summed E-state index contributed by atoms with van der Waals surface area (Å²) >= 11 is 0. The molecular formula is C22H20N4O3. The highest BCUT2D eigenvalue weighted by atomic mass is 16.6. The zero-order chi connectivity index (χ0) is 21.0. The Morgan fingerprint density at radius 3 is 2.66 bits per heavy atom. The van der Waals surface area contributed by atoms with E-state index in [-0.39, 0.29) is 25.1 Å². The van der Waals surface area contributed by atoms with Crippen LogP contribution in [0.3, 0.4) is 0 Å². The fourth-order valence-corrected chi connectivity index (χ4v) is 3.59. The van der Waals surface area contributed by atoms with Crippen molar-refractivity contribution in [3.05, 3.63) is 58.7 Å². The van der Waals surface area contributed by atoms with Gasteiger partial charge in [0.15, 0.2) is 0 Å². The Kier molecular flexibility index (Phi) is 5.92. The summed E-state index contributed by atoms with van der Waals surface area (Å²) < 4.78 is 0. The molecule has 1 amide bonds. The molecule has 1 saturated heterocycles. The first-order chi connectivity index (χ1) is 14.0. The second-order valence-electron chi connectivity index (χ2n) is 6.78. The number of oxime groups is 1. The van der Waals surface area contributed by atoms with Crippen LogP contribution in [0.1, 0.15) is 33.5 Å². The summed E-state index contributed by atoms with van der Waals surface area (Å²) in [6.45, 7) is 1.92. The molecule has 1 heterocycles. The van der Waals surface area contributed by atoms with Crippen LogP contribution in [-0.2, 0) is 4.84 Å². The smallest absolute Gasteiger partial charge is 0.254 e. The van der Waals surface area contributed by atoms with E-state index >= 15 is 0 Å². The molecular weight excluding hydrogens is 368 g/mol. The van der Waals surface area contributed by atoms with E-state index in [1.165, 1.54) is 12.0 Å². The molecule has 146 valence electrons. The van der Waals surface area contributed by atoms with Gasteiger partial charge in [-0.3, -0.25) is 4.79 Å². The first-order valence-corrected chi connectivity index (χ1v) is 9.09. The van der Waals surface area contributed by atoms with E-state index in [4.69, 9.17) is 4.84 Å². The van der Waals surface area contributed by atoms with E-state index < -0.39 is 0 Å². The number of carbonyl (C=O) groups excluding carboxylic acids is 1. The number of hydrogen-bond donors (Lipinski definition) is 1. The second-order valence-corrected chi connectivity index (χ2v) is 6.78. The van der Waals surface area contributed by atoms with E-state index in [0.29, 0.717) is 34.4 Å². The highest BCUT2D eigenvalue weighted by Gasteiger charge is 2.33. The van der Waals surface area contributed by atoms with Crippen molar-refractivity contribution in [1.82, 2.24) is 4.90 Å². The zero-order valence-electron chi connectivity index (χ0n) is 16.2. The van der Waals surface area contributed by atoms with Crippen molar-refractivity contribution in [3.63, 3.8) is 0 Å². The van der Waals surface area contributed by atoms with Crippen LogP contribution in [-0.4, -0.2) is 47.9 Å². The van der Waals surface area contributed by atoms with Gasteiger partial charge >= 0.3 is 0 Å². The predicted octanol–water partition coefficient (Wildman–Crippen LogP) is 2.61. The fourth-order valence-electron chi connectivity index (χ4n) is 3.59. The number of hydrogen-bond acceptors (Lipinski definition) is 6. The zero-order valence-corrected chi connectivity index (χ0v) is 16.2.